The Balaban J connectivity index is 0.00000176. The third-order valence-corrected chi connectivity index (χ3v) is 5.79. The molecule has 3 rings (SSSR count). The van der Waals surface area contributed by atoms with Crippen LogP contribution in [0.5, 0.6) is 0 Å². The number of halogens is 4. The van der Waals surface area contributed by atoms with Gasteiger partial charge in [-0.1, -0.05) is 45.1 Å². The summed E-state index contributed by atoms with van der Waals surface area (Å²) in [5.41, 5.74) is -0.144. The van der Waals surface area contributed by atoms with Gasteiger partial charge in [-0.15, -0.1) is 0 Å². The lowest BCUT2D eigenvalue weighted by Crippen LogP contribution is -2.26. The number of nitrogens with one attached hydrogen (secondary N) is 1. The second kappa shape index (κ2) is 11.2. The Morgan fingerprint density at radius 2 is 1.78 bits per heavy atom. The van der Waals surface area contributed by atoms with Crippen molar-refractivity contribution in [2.45, 2.75) is 59.1 Å². The Hall–Kier alpha value is -2.70. The molecule has 0 saturated heterocycles. The van der Waals surface area contributed by atoms with Gasteiger partial charge < -0.3 is 5.32 Å². The van der Waals surface area contributed by atoms with Gasteiger partial charge in [-0.3, -0.25) is 9.79 Å². The summed E-state index contributed by atoms with van der Waals surface area (Å²) < 4.78 is 54.8. The maximum Gasteiger partial charge on any atom is 0.413 e. The minimum atomic E-state index is -4.40. The Morgan fingerprint density at radius 1 is 1.16 bits per heavy atom. The number of carbonyl (C=O) groups excluding carboxylic acids is 1. The highest BCUT2D eigenvalue weighted by Crippen LogP contribution is 2.50. The van der Waals surface area contributed by atoms with Crippen LogP contribution >= 0.6 is 0 Å². The fourth-order valence-corrected chi connectivity index (χ4v) is 4.33. The van der Waals surface area contributed by atoms with Gasteiger partial charge in [0.25, 0.3) is 5.91 Å². The largest absolute Gasteiger partial charge is 0.413 e. The molecule has 32 heavy (non-hydrogen) atoms. The highest BCUT2D eigenvalue weighted by molar-refractivity contribution is 5.98. The van der Waals surface area contributed by atoms with Crippen LogP contribution in [0.15, 0.2) is 64.5 Å². The first-order valence-corrected chi connectivity index (χ1v) is 11.0. The first kappa shape index (κ1) is 25.6. The zero-order valence-electron chi connectivity index (χ0n) is 18.7. The van der Waals surface area contributed by atoms with Gasteiger partial charge in [0.2, 0.25) is 0 Å². The summed E-state index contributed by atoms with van der Waals surface area (Å²) >= 11 is 0. The van der Waals surface area contributed by atoms with Crippen molar-refractivity contribution in [3.05, 3.63) is 70.8 Å². The number of aliphatic imine (C=N–C) groups is 1. The van der Waals surface area contributed by atoms with Crippen molar-refractivity contribution >= 4 is 12.1 Å². The number of benzene rings is 1. The van der Waals surface area contributed by atoms with Gasteiger partial charge in [0.05, 0.1) is 23.2 Å². The zero-order chi connectivity index (χ0) is 23.9. The third kappa shape index (κ3) is 6.17. The smallest absolute Gasteiger partial charge is 0.321 e. The fourth-order valence-electron chi connectivity index (χ4n) is 4.33. The first-order chi connectivity index (χ1) is 15.2. The molecule has 1 saturated carbocycles. The lowest BCUT2D eigenvalue weighted by Gasteiger charge is -2.31. The number of hydrogen-bond acceptors (Lipinski definition) is 2. The predicted octanol–water partition coefficient (Wildman–Crippen LogP) is 7.14. The number of rotatable bonds is 5. The van der Waals surface area contributed by atoms with Crippen molar-refractivity contribution in [1.29, 1.82) is 0 Å². The second-order valence-electron chi connectivity index (χ2n) is 7.71. The average molecular weight is 451 g/mol. The topological polar surface area (TPSA) is 41.5 Å². The van der Waals surface area contributed by atoms with Crippen LogP contribution < -0.4 is 5.32 Å². The van der Waals surface area contributed by atoms with Gasteiger partial charge in [0.15, 0.2) is 0 Å². The van der Waals surface area contributed by atoms with E-state index in [1.807, 2.05) is 13.8 Å². The molecule has 1 aromatic rings. The summed E-state index contributed by atoms with van der Waals surface area (Å²) in [5, 5.41) is 2.41. The van der Waals surface area contributed by atoms with Crippen molar-refractivity contribution in [2.75, 3.05) is 0 Å². The van der Waals surface area contributed by atoms with Crippen LogP contribution in [0.4, 0.5) is 17.6 Å². The van der Waals surface area contributed by atoms with E-state index in [4.69, 9.17) is 0 Å². The molecule has 2 atom stereocenters. The lowest BCUT2D eigenvalue weighted by atomic mass is 9.76. The van der Waals surface area contributed by atoms with E-state index in [1.165, 1.54) is 24.4 Å². The van der Waals surface area contributed by atoms with Crippen molar-refractivity contribution in [1.82, 2.24) is 5.32 Å². The van der Waals surface area contributed by atoms with Gasteiger partial charge >= 0.3 is 6.18 Å². The summed E-state index contributed by atoms with van der Waals surface area (Å²) in [4.78, 5) is 16.3. The van der Waals surface area contributed by atoms with Gasteiger partial charge in [-0.2, -0.15) is 13.2 Å². The van der Waals surface area contributed by atoms with Crippen LogP contribution in [0.3, 0.4) is 0 Å². The Bertz CT molecular complexity index is 928. The van der Waals surface area contributed by atoms with E-state index in [0.717, 1.165) is 25.3 Å². The van der Waals surface area contributed by atoms with Crippen molar-refractivity contribution in [3.63, 3.8) is 0 Å². The van der Waals surface area contributed by atoms with Crippen LogP contribution in [0.25, 0.3) is 0 Å². The quantitative estimate of drug-likeness (QED) is 0.376. The molecule has 0 aliphatic heterocycles. The molecule has 2 unspecified atom stereocenters. The molecule has 1 aromatic carbocycles. The van der Waals surface area contributed by atoms with E-state index in [9.17, 15) is 22.4 Å². The number of alkyl halides is 3. The average Bonchev–Trinajstić information content (AvgIpc) is 3.22. The minimum Gasteiger partial charge on any atom is -0.321 e. The van der Waals surface area contributed by atoms with E-state index in [0.29, 0.717) is 6.42 Å². The summed E-state index contributed by atoms with van der Waals surface area (Å²) in [5.74, 6) is -1.04. The molecular formula is C25H30F4N2O. The molecule has 174 valence electrons. The zero-order valence-corrected chi connectivity index (χ0v) is 18.7. The van der Waals surface area contributed by atoms with Gasteiger partial charge in [-0.05, 0) is 62.1 Å². The van der Waals surface area contributed by atoms with Crippen molar-refractivity contribution < 1.29 is 22.4 Å². The van der Waals surface area contributed by atoms with Crippen LogP contribution in [-0.4, -0.2) is 18.3 Å². The molecule has 0 aromatic heterocycles. The summed E-state index contributed by atoms with van der Waals surface area (Å²) in [6, 6.07) is 5.48. The molecule has 2 aliphatic carbocycles. The summed E-state index contributed by atoms with van der Waals surface area (Å²) in [7, 11) is 0. The van der Waals surface area contributed by atoms with Crippen LogP contribution in [0.2, 0.25) is 0 Å². The molecule has 1 fully saturated rings. The maximum absolute atomic E-state index is 13.7. The third-order valence-electron chi connectivity index (χ3n) is 5.79. The normalized spacial score (nSPS) is 21.2. The van der Waals surface area contributed by atoms with Crippen molar-refractivity contribution in [3.8, 4) is 0 Å². The molecule has 1 N–H and O–H groups in total. The molecule has 0 bridgehead atoms. The number of allylic oxidation sites excluding steroid dienone is 4. The maximum atomic E-state index is 13.7. The van der Waals surface area contributed by atoms with Crippen LogP contribution in [-0.2, 0) is 0 Å². The second-order valence-corrected chi connectivity index (χ2v) is 7.71. The molecule has 0 spiro atoms. The van der Waals surface area contributed by atoms with E-state index in [1.54, 1.807) is 13.0 Å². The summed E-state index contributed by atoms with van der Waals surface area (Å²) in [6.07, 6.45) is 1.46. The molecule has 7 heteroatoms. The molecule has 2 aliphatic rings. The molecule has 1 amide bonds. The predicted molar refractivity (Wildman–Crippen MR) is 120 cm³/mol. The molecule has 0 heterocycles. The Labute approximate surface area is 187 Å². The number of carbonyl (C=O) groups is 1. The van der Waals surface area contributed by atoms with Crippen LogP contribution in [0, 0.1) is 17.7 Å². The number of nitrogens with zero attached hydrogens (tertiary/aromatic N) is 1. The fraction of sp³-hybridized carbons (Fsp3) is 0.440. The molecule has 3 nitrogen and oxygen atoms in total. The van der Waals surface area contributed by atoms with Crippen LogP contribution in [0.1, 0.15) is 63.2 Å². The van der Waals surface area contributed by atoms with Gasteiger partial charge in [0.1, 0.15) is 5.82 Å². The SMILES string of the molecule is C=C(C=N/C(=C\C)C1=C(C(F)(F)F)CC2CCCC2C1)NC(=O)c1ccccc1F.CC. The highest BCUT2D eigenvalue weighted by atomic mass is 19.4. The molecular weight excluding hydrogens is 420 g/mol. The number of hydrogen-bond donors (Lipinski definition) is 1. The van der Waals surface area contributed by atoms with E-state index >= 15 is 0 Å². The first-order valence-electron chi connectivity index (χ1n) is 11.0. The minimum absolute atomic E-state index is 0.0291. The number of amides is 1. The van der Waals surface area contributed by atoms with Gasteiger partial charge in [-0.25, -0.2) is 4.39 Å². The highest BCUT2D eigenvalue weighted by Gasteiger charge is 2.44. The Kier molecular flexibility index (Phi) is 8.99. The standard InChI is InChI=1S/C23H24F4N2O.C2H6/c1-3-21(18-11-15-7-6-8-16(15)12-19(18)23(25,26)27)28-13-14(2)29-22(30)17-9-4-5-10-20(17)24;1-2/h3-5,9-10,13,15-16H,2,6-8,11-12H2,1H3,(H,29,30);1-2H3/b21-3-,28-13?;. The van der Waals surface area contributed by atoms with E-state index in [2.05, 4.69) is 16.9 Å². The lowest BCUT2D eigenvalue weighted by molar-refractivity contribution is -0.0979. The Morgan fingerprint density at radius 3 is 2.38 bits per heavy atom. The van der Waals surface area contributed by atoms with Gasteiger partial charge in [0, 0.05) is 5.57 Å². The van der Waals surface area contributed by atoms with E-state index < -0.39 is 23.5 Å². The number of fused-ring (bicyclic) bond motifs is 1. The van der Waals surface area contributed by atoms with Crippen molar-refractivity contribution in [2.24, 2.45) is 16.8 Å². The monoisotopic (exact) mass is 450 g/mol. The molecule has 0 radical (unpaired) electrons. The summed E-state index contributed by atoms with van der Waals surface area (Å²) in [6.45, 7) is 9.29. The van der Waals surface area contributed by atoms with E-state index in [-0.39, 0.29) is 40.8 Å².